The normalized spacial score (nSPS) is 31.4. The highest BCUT2D eigenvalue weighted by Crippen LogP contribution is 2.24. The summed E-state index contributed by atoms with van der Waals surface area (Å²) in [5, 5.41) is 3.16. The van der Waals surface area contributed by atoms with Gasteiger partial charge in [-0.15, -0.1) is 0 Å². The molecule has 0 aromatic carbocycles. The van der Waals surface area contributed by atoms with Crippen molar-refractivity contribution in [2.24, 2.45) is 5.92 Å². The Morgan fingerprint density at radius 3 is 2.94 bits per heavy atom. The molecular weight excluding hydrogens is 232 g/mol. The molecule has 2 fully saturated rings. The fourth-order valence-electron chi connectivity index (χ4n) is 2.82. The summed E-state index contributed by atoms with van der Waals surface area (Å²) in [5.41, 5.74) is 0. The first-order valence-electron chi connectivity index (χ1n) is 6.85. The third-order valence-corrected chi connectivity index (χ3v) is 5.15. The highest BCUT2D eigenvalue weighted by molar-refractivity contribution is 7.99. The molecule has 0 aromatic rings. The molecule has 2 aliphatic rings. The summed E-state index contributed by atoms with van der Waals surface area (Å²) in [6.07, 6.45) is 5.98. The smallest absolute Gasteiger partial charge is 0.239 e. The fraction of sp³-hybridized carbons (Fsp3) is 0.923. The molecular formula is C13H24N2OS. The van der Waals surface area contributed by atoms with Crippen LogP contribution in [0.5, 0.6) is 0 Å². The van der Waals surface area contributed by atoms with E-state index in [1.807, 2.05) is 7.05 Å². The summed E-state index contributed by atoms with van der Waals surface area (Å²) >= 11 is 2.05. The molecule has 1 N–H and O–H groups in total. The van der Waals surface area contributed by atoms with Crippen molar-refractivity contribution in [3.63, 3.8) is 0 Å². The molecule has 0 spiro atoms. The van der Waals surface area contributed by atoms with Crippen LogP contribution in [-0.4, -0.2) is 48.5 Å². The summed E-state index contributed by atoms with van der Waals surface area (Å²) < 4.78 is 0. The quantitative estimate of drug-likeness (QED) is 0.834. The van der Waals surface area contributed by atoms with E-state index in [0.29, 0.717) is 5.91 Å². The maximum atomic E-state index is 12.3. The lowest BCUT2D eigenvalue weighted by Gasteiger charge is -2.30. The number of thioether (sulfide) groups is 1. The van der Waals surface area contributed by atoms with Crippen molar-refractivity contribution in [2.45, 2.75) is 38.1 Å². The highest BCUT2D eigenvalue weighted by Gasteiger charge is 2.27. The van der Waals surface area contributed by atoms with Gasteiger partial charge in [-0.25, -0.2) is 0 Å². The Kier molecular flexibility index (Phi) is 5.16. The molecule has 2 rings (SSSR count). The summed E-state index contributed by atoms with van der Waals surface area (Å²) in [6.45, 7) is 1.96. The summed E-state index contributed by atoms with van der Waals surface area (Å²) in [7, 11) is 1.91. The highest BCUT2D eigenvalue weighted by atomic mass is 32.2. The SMILES string of the molecule is CNC1CCCCN(CC2CCCSC2)C1=O. The second kappa shape index (κ2) is 6.64. The molecule has 2 saturated heterocycles. The van der Waals surface area contributed by atoms with E-state index in [9.17, 15) is 4.79 Å². The van der Waals surface area contributed by atoms with E-state index in [1.165, 1.54) is 37.2 Å². The Bertz CT molecular complexity index is 254. The number of carbonyl (C=O) groups is 1. The Balaban J connectivity index is 1.90. The van der Waals surface area contributed by atoms with Gasteiger partial charge in [-0.2, -0.15) is 11.8 Å². The van der Waals surface area contributed by atoms with Gasteiger partial charge in [-0.05, 0) is 56.6 Å². The van der Waals surface area contributed by atoms with Crippen molar-refractivity contribution < 1.29 is 4.79 Å². The summed E-state index contributed by atoms with van der Waals surface area (Å²) in [5.74, 6) is 3.62. The van der Waals surface area contributed by atoms with Crippen LogP contribution < -0.4 is 5.32 Å². The first kappa shape index (κ1) is 13.2. The van der Waals surface area contributed by atoms with E-state index in [2.05, 4.69) is 22.0 Å². The number of likely N-dealkylation sites (N-methyl/N-ethyl adjacent to an activating group) is 1. The molecule has 2 aliphatic heterocycles. The molecule has 0 aromatic heterocycles. The molecule has 2 unspecified atom stereocenters. The molecule has 2 heterocycles. The maximum absolute atomic E-state index is 12.3. The van der Waals surface area contributed by atoms with Crippen molar-refractivity contribution in [3.8, 4) is 0 Å². The Morgan fingerprint density at radius 1 is 1.35 bits per heavy atom. The van der Waals surface area contributed by atoms with Gasteiger partial charge in [0.1, 0.15) is 0 Å². The number of nitrogens with one attached hydrogen (secondary N) is 1. The second-order valence-corrected chi connectivity index (χ2v) is 6.35. The molecule has 0 bridgehead atoms. The average molecular weight is 256 g/mol. The van der Waals surface area contributed by atoms with Gasteiger partial charge in [-0.1, -0.05) is 0 Å². The predicted molar refractivity (Wildman–Crippen MR) is 73.3 cm³/mol. The first-order chi connectivity index (χ1) is 8.31. The lowest BCUT2D eigenvalue weighted by Crippen LogP contribution is -2.46. The monoisotopic (exact) mass is 256 g/mol. The lowest BCUT2D eigenvalue weighted by atomic mass is 10.0. The van der Waals surface area contributed by atoms with Crippen LogP contribution in [0, 0.1) is 5.92 Å². The van der Waals surface area contributed by atoms with Crippen molar-refractivity contribution >= 4 is 17.7 Å². The lowest BCUT2D eigenvalue weighted by molar-refractivity contribution is -0.133. The van der Waals surface area contributed by atoms with E-state index in [0.717, 1.165) is 25.4 Å². The standard InChI is InChI=1S/C13H24N2OS/c1-14-12-6-2-3-7-15(13(12)16)9-11-5-4-8-17-10-11/h11-12,14H,2-10H2,1H3. The first-order valence-corrected chi connectivity index (χ1v) is 8.00. The van der Waals surface area contributed by atoms with Crippen LogP contribution in [0.3, 0.4) is 0 Å². The molecule has 4 heteroatoms. The van der Waals surface area contributed by atoms with Crippen molar-refractivity contribution in [3.05, 3.63) is 0 Å². The topological polar surface area (TPSA) is 32.3 Å². The zero-order chi connectivity index (χ0) is 12.1. The fourth-order valence-corrected chi connectivity index (χ4v) is 3.96. The molecule has 0 aliphatic carbocycles. The van der Waals surface area contributed by atoms with Gasteiger partial charge in [0.2, 0.25) is 5.91 Å². The van der Waals surface area contributed by atoms with E-state index < -0.39 is 0 Å². The minimum atomic E-state index is 0.0637. The van der Waals surface area contributed by atoms with Crippen molar-refractivity contribution in [1.82, 2.24) is 10.2 Å². The molecule has 3 nitrogen and oxygen atoms in total. The largest absolute Gasteiger partial charge is 0.341 e. The number of likely N-dealkylation sites (tertiary alicyclic amines) is 1. The molecule has 2 atom stereocenters. The van der Waals surface area contributed by atoms with Crippen LogP contribution in [0.2, 0.25) is 0 Å². The summed E-state index contributed by atoms with van der Waals surface area (Å²) in [4.78, 5) is 14.4. The number of hydrogen-bond acceptors (Lipinski definition) is 3. The van der Waals surface area contributed by atoms with Crippen LogP contribution in [-0.2, 0) is 4.79 Å². The van der Waals surface area contributed by atoms with Crippen LogP contribution >= 0.6 is 11.8 Å². The van der Waals surface area contributed by atoms with Crippen LogP contribution in [0.25, 0.3) is 0 Å². The Morgan fingerprint density at radius 2 is 2.24 bits per heavy atom. The maximum Gasteiger partial charge on any atom is 0.239 e. The zero-order valence-corrected chi connectivity index (χ0v) is 11.6. The molecule has 1 amide bonds. The summed E-state index contributed by atoms with van der Waals surface area (Å²) in [6, 6.07) is 0.0637. The van der Waals surface area contributed by atoms with E-state index >= 15 is 0 Å². The average Bonchev–Trinajstić information content (AvgIpc) is 2.54. The van der Waals surface area contributed by atoms with Crippen LogP contribution in [0.15, 0.2) is 0 Å². The van der Waals surface area contributed by atoms with Gasteiger partial charge in [0, 0.05) is 13.1 Å². The Hall–Kier alpha value is -0.220. The molecule has 17 heavy (non-hydrogen) atoms. The molecule has 0 saturated carbocycles. The molecule has 0 radical (unpaired) electrons. The third kappa shape index (κ3) is 3.62. The van der Waals surface area contributed by atoms with E-state index in [1.54, 1.807) is 0 Å². The predicted octanol–water partition coefficient (Wildman–Crippen LogP) is 1.73. The minimum absolute atomic E-state index is 0.0637. The number of carbonyl (C=O) groups excluding carboxylic acids is 1. The van der Waals surface area contributed by atoms with Gasteiger partial charge >= 0.3 is 0 Å². The van der Waals surface area contributed by atoms with Crippen LogP contribution in [0.4, 0.5) is 0 Å². The van der Waals surface area contributed by atoms with E-state index in [-0.39, 0.29) is 6.04 Å². The third-order valence-electron chi connectivity index (χ3n) is 3.86. The van der Waals surface area contributed by atoms with Crippen molar-refractivity contribution in [1.29, 1.82) is 0 Å². The van der Waals surface area contributed by atoms with Gasteiger partial charge in [-0.3, -0.25) is 4.79 Å². The van der Waals surface area contributed by atoms with Gasteiger partial charge in [0.15, 0.2) is 0 Å². The number of amides is 1. The van der Waals surface area contributed by atoms with Crippen LogP contribution in [0.1, 0.15) is 32.1 Å². The number of nitrogens with zero attached hydrogens (tertiary/aromatic N) is 1. The number of hydrogen-bond donors (Lipinski definition) is 1. The van der Waals surface area contributed by atoms with E-state index in [4.69, 9.17) is 0 Å². The minimum Gasteiger partial charge on any atom is -0.341 e. The zero-order valence-electron chi connectivity index (χ0n) is 10.8. The van der Waals surface area contributed by atoms with Crippen molar-refractivity contribution in [2.75, 3.05) is 31.6 Å². The second-order valence-electron chi connectivity index (χ2n) is 5.20. The Labute approximate surface area is 109 Å². The molecule has 98 valence electrons. The number of rotatable bonds is 3. The van der Waals surface area contributed by atoms with Gasteiger partial charge in [0.25, 0.3) is 0 Å². The van der Waals surface area contributed by atoms with Gasteiger partial charge < -0.3 is 10.2 Å². The van der Waals surface area contributed by atoms with Gasteiger partial charge in [0.05, 0.1) is 6.04 Å².